The Morgan fingerprint density at radius 1 is 1.00 bits per heavy atom. The maximum atomic E-state index is 14.5. The van der Waals surface area contributed by atoms with Gasteiger partial charge in [0.05, 0.1) is 36.3 Å². The number of fused-ring (bicyclic) bond motifs is 2. The van der Waals surface area contributed by atoms with Crippen LogP contribution in [0.15, 0.2) is 53.4 Å². The number of carbonyl (C=O) groups excluding carboxylic acids is 1. The first-order valence-corrected chi connectivity index (χ1v) is 21.0. The minimum Gasteiger partial charge on any atom is -0.465 e. The lowest BCUT2D eigenvalue weighted by molar-refractivity contribution is -0.121. The molecule has 4 aliphatic rings. The molecular formula is C40H57N3O10S. The fourth-order valence-corrected chi connectivity index (χ4v) is 10.2. The van der Waals surface area contributed by atoms with Crippen molar-refractivity contribution in [2.45, 2.75) is 114 Å². The van der Waals surface area contributed by atoms with Crippen LogP contribution in [0.2, 0.25) is 0 Å². The van der Waals surface area contributed by atoms with E-state index in [0.717, 1.165) is 24.8 Å². The van der Waals surface area contributed by atoms with Gasteiger partial charge in [-0.05, 0) is 61.1 Å². The van der Waals surface area contributed by atoms with Crippen molar-refractivity contribution in [2.24, 2.45) is 17.3 Å². The summed E-state index contributed by atoms with van der Waals surface area (Å²) >= 11 is 0. The summed E-state index contributed by atoms with van der Waals surface area (Å²) in [6.45, 7) is 4.80. The van der Waals surface area contributed by atoms with E-state index in [-0.39, 0.29) is 49.6 Å². The zero-order valence-electron chi connectivity index (χ0n) is 31.6. The standard InChI is InChI=1S/C40H57N3O10S/c1-40(2,19-8-9-20-41-37(45)17-14-28-10-6-7-11-28)26-42(54(48,49)30-15-16-35-36(23-30)53-27-52-35)24-34(44)32(22-29-12-4-3-5-13-29)43(39(46)47)33-25-51-38-31(33)18-21-50-38/h3-5,12-13,15-16,23,28,31-34,38,44H,6-11,14,17-22,24-27H2,1-2H3,(H,41,45)(H,46,47)/t31-,32-,33-,34+,38+/m0/s1. The van der Waals surface area contributed by atoms with Gasteiger partial charge in [0, 0.05) is 38.0 Å². The number of carbonyl (C=O) groups is 2. The molecule has 298 valence electrons. The van der Waals surface area contributed by atoms with Crippen molar-refractivity contribution in [1.82, 2.24) is 14.5 Å². The minimum atomic E-state index is -4.23. The van der Waals surface area contributed by atoms with Crippen molar-refractivity contribution < 1.29 is 47.2 Å². The number of aliphatic hydroxyl groups excluding tert-OH is 1. The second kappa shape index (κ2) is 18.0. The number of hydrogen-bond acceptors (Lipinski definition) is 9. The largest absolute Gasteiger partial charge is 0.465 e. The molecule has 0 aromatic heterocycles. The molecule has 54 heavy (non-hydrogen) atoms. The van der Waals surface area contributed by atoms with Crippen LogP contribution in [0.1, 0.15) is 83.6 Å². The molecule has 1 aliphatic carbocycles. The highest BCUT2D eigenvalue weighted by atomic mass is 32.2. The number of nitrogens with one attached hydrogen (secondary N) is 1. The smallest absolute Gasteiger partial charge is 0.407 e. The molecule has 0 unspecified atom stereocenters. The summed E-state index contributed by atoms with van der Waals surface area (Å²) in [5.74, 6) is 1.31. The van der Waals surface area contributed by atoms with Gasteiger partial charge < -0.3 is 34.5 Å². The number of nitrogens with zero attached hydrogens (tertiary/aromatic N) is 2. The molecular weight excluding hydrogens is 715 g/mol. The third-order valence-corrected chi connectivity index (χ3v) is 13.3. The summed E-state index contributed by atoms with van der Waals surface area (Å²) in [6, 6.07) is 12.2. The van der Waals surface area contributed by atoms with E-state index in [0.29, 0.717) is 49.8 Å². The van der Waals surface area contributed by atoms with Crippen molar-refractivity contribution >= 4 is 22.0 Å². The van der Waals surface area contributed by atoms with E-state index < -0.39 is 46.0 Å². The van der Waals surface area contributed by atoms with Crippen molar-refractivity contribution in [3.8, 4) is 11.5 Å². The molecule has 5 atom stereocenters. The van der Waals surface area contributed by atoms with Crippen LogP contribution in [0.25, 0.3) is 0 Å². The van der Waals surface area contributed by atoms with E-state index >= 15 is 0 Å². The highest BCUT2D eigenvalue weighted by Gasteiger charge is 2.49. The van der Waals surface area contributed by atoms with Gasteiger partial charge in [0.2, 0.25) is 22.7 Å². The minimum absolute atomic E-state index is 0.0140. The Morgan fingerprint density at radius 3 is 2.52 bits per heavy atom. The quantitative estimate of drug-likeness (QED) is 0.158. The molecule has 0 spiro atoms. The van der Waals surface area contributed by atoms with Gasteiger partial charge in [-0.2, -0.15) is 4.31 Å². The van der Waals surface area contributed by atoms with Crippen LogP contribution in [0, 0.1) is 17.3 Å². The predicted molar refractivity (Wildman–Crippen MR) is 201 cm³/mol. The van der Waals surface area contributed by atoms with Gasteiger partial charge in [-0.1, -0.05) is 76.3 Å². The molecule has 13 nitrogen and oxygen atoms in total. The Balaban J connectivity index is 1.19. The third-order valence-electron chi connectivity index (χ3n) is 11.5. The Labute approximate surface area is 319 Å². The number of unbranched alkanes of at least 4 members (excludes halogenated alkanes) is 1. The highest BCUT2D eigenvalue weighted by molar-refractivity contribution is 7.89. The molecule has 3 aliphatic heterocycles. The first kappa shape index (κ1) is 40.2. The number of aliphatic hydroxyl groups is 1. The summed E-state index contributed by atoms with van der Waals surface area (Å²) in [7, 11) is -4.23. The van der Waals surface area contributed by atoms with E-state index in [1.165, 1.54) is 47.0 Å². The molecule has 0 radical (unpaired) electrons. The summed E-state index contributed by atoms with van der Waals surface area (Å²) in [5, 5.41) is 25.9. The zero-order valence-corrected chi connectivity index (χ0v) is 32.4. The highest BCUT2D eigenvalue weighted by Crippen LogP contribution is 2.38. The van der Waals surface area contributed by atoms with E-state index in [2.05, 4.69) is 5.32 Å². The fourth-order valence-electron chi connectivity index (χ4n) is 8.53. The Kier molecular flexibility index (Phi) is 13.4. The van der Waals surface area contributed by atoms with Gasteiger partial charge in [-0.25, -0.2) is 13.2 Å². The van der Waals surface area contributed by atoms with Crippen LogP contribution in [-0.2, 0) is 30.7 Å². The zero-order chi connectivity index (χ0) is 38.3. The Hall–Kier alpha value is -3.43. The van der Waals surface area contributed by atoms with Crippen LogP contribution in [0.4, 0.5) is 4.79 Å². The molecule has 0 bridgehead atoms. The van der Waals surface area contributed by atoms with E-state index in [9.17, 15) is 28.2 Å². The maximum absolute atomic E-state index is 14.5. The first-order chi connectivity index (χ1) is 25.9. The molecule has 3 N–H and O–H groups in total. The lowest BCUT2D eigenvalue weighted by atomic mass is 9.87. The molecule has 2 aromatic rings. The number of carboxylic acid groups (broad SMARTS) is 1. The number of rotatable bonds is 19. The SMILES string of the molecule is CC(C)(CCCCNC(=O)CCC1CCCC1)CN(C[C@@H](O)[C@H](Cc1ccccc1)N(C(=O)O)[C@H]1CO[C@H]2OCC[C@H]21)S(=O)(=O)c1ccc2c(c1)OCO2. The molecule has 3 heterocycles. The normalized spacial score (nSPS) is 22.3. The molecule has 6 rings (SSSR count). The average molecular weight is 772 g/mol. The summed E-state index contributed by atoms with van der Waals surface area (Å²) in [6.07, 6.45) is 6.28. The van der Waals surface area contributed by atoms with Crippen molar-refractivity contribution in [2.75, 3.05) is 39.6 Å². The number of ether oxygens (including phenoxy) is 4. The number of amides is 2. The van der Waals surface area contributed by atoms with E-state index in [1.807, 2.05) is 44.2 Å². The molecule has 2 aromatic carbocycles. The van der Waals surface area contributed by atoms with Crippen LogP contribution >= 0.6 is 0 Å². The maximum Gasteiger partial charge on any atom is 0.407 e. The summed E-state index contributed by atoms with van der Waals surface area (Å²) in [5.41, 5.74) is 0.270. The van der Waals surface area contributed by atoms with Crippen molar-refractivity contribution in [3.05, 3.63) is 54.1 Å². The summed E-state index contributed by atoms with van der Waals surface area (Å²) in [4.78, 5) is 26.8. The van der Waals surface area contributed by atoms with Crippen molar-refractivity contribution in [1.29, 1.82) is 0 Å². The van der Waals surface area contributed by atoms with Crippen LogP contribution in [0.5, 0.6) is 11.5 Å². The molecule has 3 fully saturated rings. The van der Waals surface area contributed by atoms with Crippen molar-refractivity contribution in [3.63, 3.8) is 0 Å². The average Bonchev–Trinajstić information content (AvgIpc) is 3.97. The van der Waals surface area contributed by atoms with Crippen LogP contribution < -0.4 is 14.8 Å². The monoisotopic (exact) mass is 771 g/mol. The summed E-state index contributed by atoms with van der Waals surface area (Å²) < 4.78 is 52.8. The van der Waals surface area contributed by atoms with Gasteiger partial charge in [0.1, 0.15) is 0 Å². The second-order valence-electron chi connectivity index (χ2n) is 16.1. The molecule has 2 amide bonds. The topological polar surface area (TPSA) is 164 Å². The lowest BCUT2D eigenvalue weighted by Crippen LogP contribution is -2.58. The van der Waals surface area contributed by atoms with Crippen LogP contribution in [0.3, 0.4) is 0 Å². The second-order valence-corrected chi connectivity index (χ2v) is 18.0. The number of benzene rings is 2. The fraction of sp³-hybridized carbons (Fsp3) is 0.650. The van der Waals surface area contributed by atoms with Gasteiger partial charge in [0.15, 0.2) is 17.8 Å². The molecule has 14 heteroatoms. The van der Waals surface area contributed by atoms with Gasteiger partial charge >= 0.3 is 6.09 Å². The van der Waals surface area contributed by atoms with Gasteiger partial charge in [0.25, 0.3) is 0 Å². The van der Waals surface area contributed by atoms with E-state index in [4.69, 9.17) is 18.9 Å². The third kappa shape index (κ3) is 10.1. The Bertz CT molecular complexity index is 1670. The molecule has 2 saturated heterocycles. The lowest BCUT2D eigenvalue weighted by Gasteiger charge is -2.40. The Morgan fingerprint density at radius 2 is 1.76 bits per heavy atom. The van der Waals surface area contributed by atoms with Crippen LogP contribution in [-0.4, -0.2) is 104 Å². The number of hydrogen-bond donors (Lipinski definition) is 3. The first-order valence-electron chi connectivity index (χ1n) is 19.5. The van der Waals surface area contributed by atoms with Gasteiger partial charge in [-0.15, -0.1) is 0 Å². The van der Waals surface area contributed by atoms with E-state index in [1.54, 1.807) is 6.07 Å². The predicted octanol–water partition coefficient (Wildman–Crippen LogP) is 5.40. The molecule has 1 saturated carbocycles. The number of sulfonamides is 1. The van der Waals surface area contributed by atoms with Gasteiger partial charge in [-0.3, -0.25) is 9.69 Å².